The fourth-order valence-corrected chi connectivity index (χ4v) is 1.10. The Morgan fingerprint density at radius 1 is 1.50 bits per heavy atom. The van der Waals surface area contributed by atoms with E-state index in [1.807, 2.05) is 0 Å². The molecular weight excluding hydrogens is 150 g/mol. The van der Waals surface area contributed by atoms with Crippen molar-refractivity contribution in [1.82, 2.24) is 10.6 Å². The van der Waals surface area contributed by atoms with Gasteiger partial charge in [-0.2, -0.15) is 0 Å². The highest BCUT2D eigenvalue weighted by Gasteiger charge is 2.22. The zero-order valence-corrected chi connectivity index (χ0v) is 8.44. The Hall–Kier alpha value is -0.730. The number of nitrogens with one attached hydrogen (secondary N) is 2. The summed E-state index contributed by atoms with van der Waals surface area (Å²) in [6.07, 6.45) is 0. The van der Waals surface area contributed by atoms with Crippen molar-refractivity contribution in [2.24, 2.45) is 10.4 Å². The molecule has 1 heterocycles. The van der Waals surface area contributed by atoms with Gasteiger partial charge in [-0.1, -0.05) is 13.8 Å². The van der Waals surface area contributed by atoms with Gasteiger partial charge < -0.3 is 10.6 Å². The zero-order valence-electron chi connectivity index (χ0n) is 8.44. The molecule has 0 atom stereocenters. The van der Waals surface area contributed by atoms with E-state index in [0.717, 1.165) is 19.0 Å². The molecule has 0 bridgehead atoms. The van der Waals surface area contributed by atoms with Crippen LogP contribution in [0.2, 0.25) is 0 Å². The Bertz CT molecular complexity index is 182. The maximum absolute atomic E-state index is 4.42. The minimum atomic E-state index is 0.308. The largest absolute Gasteiger partial charge is 0.356 e. The van der Waals surface area contributed by atoms with Crippen LogP contribution in [-0.2, 0) is 0 Å². The monoisotopic (exact) mass is 169 g/mol. The predicted octanol–water partition coefficient (Wildman–Crippen LogP) is 0.970. The maximum Gasteiger partial charge on any atom is 0.191 e. The maximum atomic E-state index is 4.42. The molecule has 3 nitrogen and oxygen atoms in total. The van der Waals surface area contributed by atoms with E-state index >= 15 is 0 Å². The van der Waals surface area contributed by atoms with E-state index in [1.54, 1.807) is 0 Å². The number of guanidine groups is 1. The van der Waals surface area contributed by atoms with Crippen LogP contribution in [0.1, 0.15) is 27.7 Å². The van der Waals surface area contributed by atoms with Crippen LogP contribution in [-0.4, -0.2) is 25.1 Å². The normalized spacial score (nSPS) is 21.6. The first-order valence-corrected chi connectivity index (χ1v) is 4.54. The molecule has 1 rings (SSSR count). The molecule has 1 aliphatic rings. The van der Waals surface area contributed by atoms with Crippen molar-refractivity contribution < 1.29 is 0 Å². The van der Waals surface area contributed by atoms with Gasteiger partial charge in [0.1, 0.15) is 0 Å². The molecule has 0 aliphatic carbocycles. The molecule has 12 heavy (non-hydrogen) atoms. The van der Waals surface area contributed by atoms with E-state index in [4.69, 9.17) is 0 Å². The first kappa shape index (κ1) is 9.36. The topological polar surface area (TPSA) is 36.4 Å². The lowest BCUT2D eigenvalue weighted by molar-refractivity contribution is 0.357. The molecule has 2 N–H and O–H groups in total. The third-order valence-corrected chi connectivity index (χ3v) is 1.82. The second-order valence-electron chi connectivity index (χ2n) is 4.48. The third-order valence-electron chi connectivity index (χ3n) is 1.82. The SMILES string of the molecule is CC(C)NC1=NCC(C)(C)CN1. The molecule has 0 saturated carbocycles. The highest BCUT2D eigenvalue weighted by atomic mass is 15.2. The van der Waals surface area contributed by atoms with Gasteiger partial charge in [0.15, 0.2) is 5.96 Å². The van der Waals surface area contributed by atoms with E-state index in [0.29, 0.717) is 11.5 Å². The Labute approximate surface area is 74.6 Å². The summed E-state index contributed by atoms with van der Waals surface area (Å²) < 4.78 is 0. The van der Waals surface area contributed by atoms with Gasteiger partial charge in [0.25, 0.3) is 0 Å². The second-order valence-corrected chi connectivity index (χ2v) is 4.48. The van der Waals surface area contributed by atoms with E-state index in [2.05, 4.69) is 43.3 Å². The van der Waals surface area contributed by atoms with Crippen molar-refractivity contribution in [2.75, 3.05) is 13.1 Å². The van der Waals surface area contributed by atoms with Gasteiger partial charge in [-0.3, -0.25) is 4.99 Å². The summed E-state index contributed by atoms with van der Waals surface area (Å²) in [5.74, 6) is 0.948. The van der Waals surface area contributed by atoms with Crippen molar-refractivity contribution in [3.63, 3.8) is 0 Å². The second kappa shape index (κ2) is 3.33. The first-order chi connectivity index (χ1) is 5.49. The molecular formula is C9H19N3. The molecule has 0 fully saturated rings. The number of hydrogen-bond donors (Lipinski definition) is 2. The third kappa shape index (κ3) is 2.72. The molecule has 0 aromatic rings. The summed E-state index contributed by atoms with van der Waals surface area (Å²) in [5, 5.41) is 6.54. The fraction of sp³-hybridized carbons (Fsp3) is 0.889. The molecule has 0 aromatic heterocycles. The van der Waals surface area contributed by atoms with Crippen LogP contribution in [0.4, 0.5) is 0 Å². The lowest BCUT2D eigenvalue weighted by atomic mass is 9.93. The van der Waals surface area contributed by atoms with E-state index in [-0.39, 0.29) is 0 Å². The zero-order chi connectivity index (χ0) is 9.19. The summed E-state index contributed by atoms with van der Waals surface area (Å²) in [4.78, 5) is 4.42. The van der Waals surface area contributed by atoms with Gasteiger partial charge in [0.05, 0.1) is 0 Å². The summed E-state index contributed by atoms with van der Waals surface area (Å²) in [6, 6.07) is 0.456. The fourth-order valence-electron chi connectivity index (χ4n) is 1.10. The van der Waals surface area contributed by atoms with Crippen molar-refractivity contribution in [2.45, 2.75) is 33.7 Å². The molecule has 70 valence electrons. The van der Waals surface area contributed by atoms with Crippen molar-refractivity contribution >= 4 is 5.96 Å². The molecule has 0 unspecified atom stereocenters. The van der Waals surface area contributed by atoms with Gasteiger partial charge in [-0.15, -0.1) is 0 Å². The van der Waals surface area contributed by atoms with Gasteiger partial charge >= 0.3 is 0 Å². The lowest BCUT2D eigenvalue weighted by Crippen LogP contribution is -2.49. The summed E-state index contributed by atoms with van der Waals surface area (Å²) in [5.41, 5.74) is 0.308. The Balaban J connectivity index is 2.45. The predicted molar refractivity (Wildman–Crippen MR) is 52.4 cm³/mol. The number of rotatable bonds is 1. The highest BCUT2D eigenvalue weighted by molar-refractivity contribution is 5.80. The van der Waals surface area contributed by atoms with E-state index in [1.165, 1.54) is 0 Å². The van der Waals surface area contributed by atoms with Crippen molar-refractivity contribution in [1.29, 1.82) is 0 Å². The first-order valence-electron chi connectivity index (χ1n) is 4.54. The standard InChI is InChI=1S/C9H19N3/c1-7(2)12-8-10-5-9(3,4)6-11-8/h7H,5-6H2,1-4H3,(H2,10,11,12). The molecule has 0 radical (unpaired) electrons. The lowest BCUT2D eigenvalue weighted by Gasteiger charge is -2.30. The smallest absolute Gasteiger partial charge is 0.191 e. The Morgan fingerprint density at radius 3 is 2.58 bits per heavy atom. The van der Waals surface area contributed by atoms with Crippen molar-refractivity contribution in [3.05, 3.63) is 0 Å². The van der Waals surface area contributed by atoms with Gasteiger partial charge in [-0.05, 0) is 13.8 Å². The van der Waals surface area contributed by atoms with Gasteiger partial charge in [0, 0.05) is 24.5 Å². The summed E-state index contributed by atoms with van der Waals surface area (Å²) in [6.45, 7) is 10.6. The average Bonchev–Trinajstić information content (AvgIpc) is 1.93. The van der Waals surface area contributed by atoms with Gasteiger partial charge in [0.2, 0.25) is 0 Å². The number of hydrogen-bond acceptors (Lipinski definition) is 3. The molecule has 3 heteroatoms. The molecule has 0 amide bonds. The summed E-state index contributed by atoms with van der Waals surface area (Å²) >= 11 is 0. The van der Waals surface area contributed by atoms with Crippen LogP contribution in [0.15, 0.2) is 4.99 Å². The van der Waals surface area contributed by atoms with Crippen molar-refractivity contribution in [3.8, 4) is 0 Å². The van der Waals surface area contributed by atoms with Crippen LogP contribution in [0.3, 0.4) is 0 Å². The molecule has 0 saturated heterocycles. The summed E-state index contributed by atoms with van der Waals surface area (Å²) in [7, 11) is 0. The molecule has 0 spiro atoms. The average molecular weight is 169 g/mol. The van der Waals surface area contributed by atoms with Crippen LogP contribution in [0, 0.1) is 5.41 Å². The molecule has 1 aliphatic heterocycles. The Kier molecular flexibility index (Phi) is 2.60. The number of nitrogens with zero attached hydrogens (tertiary/aromatic N) is 1. The van der Waals surface area contributed by atoms with Crippen LogP contribution in [0.25, 0.3) is 0 Å². The Morgan fingerprint density at radius 2 is 2.17 bits per heavy atom. The van der Waals surface area contributed by atoms with E-state index in [9.17, 15) is 0 Å². The highest BCUT2D eigenvalue weighted by Crippen LogP contribution is 2.15. The minimum absolute atomic E-state index is 0.308. The quantitative estimate of drug-likeness (QED) is 0.613. The van der Waals surface area contributed by atoms with Crippen LogP contribution < -0.4 is 10.6 Å². The van der Waals surface area contributed by atoms with Crippen LogP contribution in [0.5, 0.6) is 0 Å². The number of aliphatic imine (C=N–C) groups is 1. The van der Waals surface area contributed by atoms with Crippen LogP contribution >= 0.6 is 0 Å². The van der Waals surface area contributed by atoms with E-state index < -0.39 is 0 Å². The molecule has 0 aromatic carbocycles. The minimum Gasteiger partial charge on any atom is -0.356 e. The van der Waals surface area contributed by atoms with Gasteiger partial charge in [-0.25, -0.2) is 0 Å².